The number of carbonyl (C=O) groups excluding carboxylic acids is 1. The minimum atomic E-state index is -0.636. The molecule has 5 heterocycles. The predicted molar refractivity (Wildman–Crippen MR) is 132 cm³/mol. The van der Waals surface area contributed by atoms with Gasteiger partial charge in [-0.15, -0.1) is 0 Å². The van der Waals surface area contributed by atoms with Gasteiger partial charge in [0, 0.05) is 35.8 Å². The topological polar surface area (TPSA) is 122 Å². The molecule has 1 amide bonds. The van der Waals surface area contributed by atoms with Gasteiger partial charge in [-0.2, -0.15) is 0 Å². The molecule has 184 valence electrons. The predicted octanol–water partition coefficient (Wildman–Crippen LogP) is 3.56. The second kappa shape index (κ2) is 8.35. The number of imidazole rings is 1. The van der Waals surface area contributed by atoms with Crippen LogP contribution in [0, 0.1) is 5.82 Å². The third kappa shape index (κ3) is 3.36. The van der Waals surface area contributed by atoms with Gasteiger partial charge in [-0.3, -0.25) is 14.1 Å². The highest BCUT2D eigenvalue weighted by Gasteiger charge is 2.56. The lowest BCUT2D eigenvalue weighted by molar-refractivity contribution is -0.0361. The molecule has 0 saturated carbocycles. The number of fused-ring (bicyclic) bond motifs is 3. The van der Waals surface area contributed by atoms with Gasteiger partial charge in [0.1, 0.15) is 40.7 Å². The first-order valence-corrected chi connectivity index (χ1v) is 12.0. The first-order valence-electron chi connectivity index (χ1n) is 12.0. The molecule has 2 saturated heterocycles. The number of nitrogens with one attached hydrogen (secondary N) is 1. The van der Waals surface area contributed by atoms with Crippen molar-refractivity contribution < 1.29 is 14.3 Å². The normalized spacial score (nSPS) is 22.2. The Kier molecular flexibility index (Phi) is 5.24. The molecule has 3 aromatic heterocycles. The van der Waals surface area contributed by atoms with E-state index in [0.717, 1.165) is 31.5 Å². The van der Waals surface area contributed by atoms with Crippen molar-refractivity contribution in [1.29, 1.82) is 0 Å². The lowest BCUT2D eigenvalue weighted by Gasteiger charge is -2.35. The number of rotatable bonds is 5. The number of aliphatic hydroxyl groups excluding tert-OH is 1. The average Bonchev–Trinajstić information content (AvgIpc) is 3.55. The highest BCUT2D eigenvalue weighted by Crippen LogP contribution is 2.54. The van der Waals surface area contributed by atoms with Crippen molar-refractivity contribution in [3.63, 3.8) is 0 Å². The number of nitrogen functional groups attached to an aromatic ring is 1. The molecular weight excluding hydrogens is 461 g/mol. The molecule has 4 N–H and O–H groups in total. The summed E-state index contributed by atoms with van der Waals surface area (Å²) < 4.78 is 17.4. The number of nitrogens with zero attached hydrogens (tertiary/aromatic N) is 5. The minimum absolute atomic E-state index is 0.157. The summed E-state index contributed by atoms with van der Waals surface area (Å²) in [6.07, 6.45) is 7.93. The van der Waals surface area contributed by atoms with Gasteiger partial charge in [0.05, 0.1) is 5.54 Å². The molecule has 2 aliphatic rings. The summed E-state index contributed by atoms with van der Waals surface area (Å²) in [5.41, 5.74) is 7.06. The van der Waals surface area contributed by atoms with E-state index in [1.54, 1.807) is 49.8 Å². The molecule has 9 nitrogen and oxygen atoms in total. The lowest BCUT2D eigenvalue weighted by Crippen LogP contribution is -2.45. The van der Waals surface area contributed by atoms with Crippen LogP contribution in [0.25, 0.3) is 16.8 Å². The van der Waals surface area contributed by atoms with E-state index in [1.165, 1.54) is 12.1 Å². The van der Waals surface area contributed by atoms with E-state index in [0.29, 0.717) is 17.0 Å². The van der Waals surface area contributed by atoms with Crippen LogP contribution in [0.1, 0.15) is 48.8 Å². The quantitative estimate of drug-likeness (QED) is 0.394. The standard InChI is InChI=1S/C26H26FN7O2/c1-15(35)34-17-7-9-26(34,10-8-17)25-32-21(22-23(28)30-12-13-33(22)25)18-6-5-16(14-19(18)27)24(36)31-20-4-2-3-11-29-20/h2-6,11-15,17,35H,7-10H2,1H3,(H2,28,30)(H,29,31,36). The maximum atomic E-state index is 15.5. The maximum Gasteiger partial charge on any atom is 0.256 e. The number of nitrogens with two attached hydrogens (primary N) is 1. The molecule has 2 aliphatic heterocycles. The molecule has 1 unspecified atom stereocenters. The minimum Gasteiger partial charge on any atom is -0.382 e. The number of hydrogen-bond acceptors (Lipinski definition) is 7. The molecule has 2 fully saturated rings. The maximum absolute atomic E-state index is 15.5. The Labute approximate surface area is 206 Å². The number of carbonyl (C=O) groups is 1. The second-order valence-electron chi connectivity index (χ2n) is 9.48. The van der Waals surface area contributed by atoms with Crippen LogP contribution in [0.15, 0.2) is 55.0 Å². The summed E-state index contributed by atoms with van der Waals surface area (Å²) in [5, 5.41) is 13.3. The number of aliphatic hydroxyl groups is 1. The number of pyridine rings is 1. The van der Waals surface area contributed by atoms with Crippen LogP contribution in [-0.4, -0.2) is 47.5 Å². The van der Waals surface area contributed by atoms with Crippen LogP contribution in [-0.2, 0) is 5.54 Å². The molecule has 6 rings (SSSR count). The van der Waals surface area contributed by atoms with Crippen molar-refractivity contribution in [1.82, 2.24) is 24.3 Å². The van der Waals surface area contributed by atoms with Crippen LogP contribution in [0.4, 0.5) is 16.0 Å². The molecule has 2 bridgehead atoms. The SMILES string of the molecule is CC(O)N1C2CCC1(c1nc(-c3ccc(C(=O)Nc4ccccn4)cc3F)c3c(N)nccn13)CC2. The van der Waals surface area contributed by atoms with Gasteiger partial charge in [-0.25, -0.2) is 19.3 Å². The summed E-state index contributed by atoms with van der Waals surface area (Å²) in [6, 6.07) is 9.71. The Bertz CT molecular complexity index is 1460. The molecule has 4 aromatic rings. The second-order valence-corrected chi connectivity index (χ2v) is 9.48. The summed E-state index contributed by atoms with van der Waals surface area (Å²) in [6.45, 7) is 1.78. The first-order chi connectivity index (χ1) is 17.4. The first kappa shape index (κ1) is 22.6. The van der Waals surface area contributed by atoms with E-state index in [1.807, 2.05) is 4.40 Å². The van der Waals surface area contributed by atoms with Gasteiger partial charge >= 0.3 is 0 Å². The zero-order valence-electron chi connectivity index (χ0n) is 19.7. The third-order valence-corrected chi connectivity index (χ3v) is 7.46. The third-order valence-electron chi connectivity index (χ3n) is 7.46. The Morgan fingerprint density at radius 2 is 2.03 bits per heavy atom. The molecule has 0 aliphatic carbocycles. The van der Waals surface area contributed by atoms with Gasteiger partial charge in [0.25, 0.3) is 5.91 Å². The zero-order valence-corrected chi connectivity index (χ0v) is 19.7. The van der Waals surface area contributed by atoms with E-state index >= 15 is 4.39 Å². The highest BCUT2D eigenvalue weighted by molar-refractivity contribution is 6.04. The lowest BCUT2D eigenvalue weighted by atomic mass is 9.87. The number of hydrogen-bond donors (Lipinski definition) is 3. The fraction of sp³-hybridized carbons (Fsp3) is 0.308. The monoisotopic (exact) mass is 487 g/mol. The highest BCUT2D eigenvalue weighted by atomic mass is 19.1. The summed E-state index contributed by atoms with van der Waals surface area (Å²) in [7, 11) is 0. The molecule has 1 atom stereocenters. The number of aromatic nitrogens is 4. The number of halogens is 1. The molecule has 0 spiro atoms. The summed E-state index contributed by atoms with van der Waals surface area (Å²) in [4.78, 5) is 28.0. The van der Waals surface area contributed by atoms with Gasteiger partial charge in [-0.05, 0) is 62.9 Å². The average molecular weight is 488 g/mol. The molecule has 0 radical (unpaired) electrons. The summed E-state index contributed by atoms with van der Waals surface area (Å²) >= 11 is 0. The van der Waals surface area contributed by atoms with Crippen molar-refractivity contribution in [2.24, 2.45) is 0 Å². The molecular formula is C26H26FN7O2. The molecule has 10 heteroatoms. The Balaban J connectivity index is 1.44. The molecule has 36 heavy (non-hydrogen) atoms. The zero-order chi connectivity index (χ0) is 25.0. The number of benzene rings is 1. The van der Waals surface area contributed by atoms with Crippen LogP contribution in [0.5, 0.6) is 0 Å². The Morgan fingerprint density at radius 3 is 2.72 bits per heavy atom. The van der Waals surface area contributed by atoms with E-state index in [-0.39, 0.29) is 23.0 Å². The Morgan fingerprint density at radius 1 is 1.22 bits per heavy atom. The van der Waals surface area contributed by atoms with Crippen LogP contribution < -0.4 is 11.1 Å². The number of anilines is 2. The largest absolute Gasteiger partial charge is 0.382 e. The van der Waals surface area contributed by atoms with Crippen molar-refractivity contribution >= 4 is 23.1 Å². The summed E-state index contributed by atoms with van der Waals surface area (Å²) in [5.74, 6) is 0.266. The van der Waals surface area contributed by atoms with Gasteiger partial charge in [0.15, 0.2) is 0 Å². The van der Waals surface area contributed by atoms with Crippen LogP contribution >= 0.6 is 0 Å². The van der Waals surface area contributed by atoms with E-state index < -0.39 is 23.5 Å². The smallest absolute Gasteiger partial charge is 0.256 e. The molecule has 1 aromatic carbocycles. The van der Waals surface area contributed by atoms with Gasteiger partial charge < -0.3 is 16.2 Å². The van der Waals surface area contributed by atoms with Crippen LogP contribution in [0.2, 0.25) is 0 Å². The number of amides is 1. The van der Waals surface area contributed by atoms with Crippen molar-refractivity contribution in [2.75, 3.05) is 11.1 Å². The van der Waals surface area contributed by atoms with E-state index in [4.69, 9.17) is 10.7 Å². The van der Waals surface area contributed by atoms with E-state index in [9.17, 15) is 9.90 Å². The van der Waals surface area contributed by atoms with Crippen LogP contribution in [0.3, 0.4) is 0 Å². The Hall–Kier alpha value is -3.89. The fourth-order valence-corrected chi connectivity index (χ4v) is 6.02. The van der Waals surface area contributed by atoms with Crippen molar-refractivity contribution in [3.8, 4) is 11.3 Å². The van der Waals surface area contributed by atoms with Gasteiger partial charge in [-0.1, -0.05) is 6.07 Å². The fourth-order valence-electron chi connectivity index (χ4n) is 6.02. The van der Waals surface area contributed by atoms with Crippen molar-refractivity contribution in [2.45, 2.75) is 50.4 Å². The van der Waals surface area contributed by atoms with Gasteiger partial charge in [0.2, 0.25) is 0 Å². The van der Waals surface area contributed by atoms with E-state index in [2.05, 4.69) is 20.2 Å². The van der Waals surface area contributed by atoms with Crippen molar-refractivity contribution in [3.05, 3.63) is 72.2 Å².